The van der Waals surface area contributed by atoms with Gasteiger partial charge in [-0.1, -0.05) is 60.7 Å². The molecule has 29 heavy (non-hydrogen) atoms. The van der Waals surface area contributed by atoms with Gasteiger partial charge in [-0.25, -0.2) is 9.59 Å². The van der Waals surface area contributed by atoms with E-state index in [4.69, 9.17) is 9.47 Å². The molecule has 0 unspecified atom stereocenters. The van der Waals surface area contributed by atoms with Crippen molar-refractivity contribution >= 4 is 12.2 Å². The van der Waals surface area contributed by atoms with Crippen LogP contribution in [0, 0.1) is 0 Å². The number of nitrogens with zero attached hydrogens (tertiary/aromatic N) is 1. The molecular weight excluding hydrogens is 368 g/mol. The van der Waals surface area contributed by atoms with Crippen LogP contribution < -0.4 is 5.32 Å². The standard InChI is InChI=1S/C23H28N2O4/c1-23(2,3)29-21(26)24-19-14-15-25(20(19)18-12-8-5-9-13-18)22(27)28-16-17-10-6-4-7-11-17/h4-13,19-20H,14-16H2,1-3H3,(H,24,26)/t19-,20-/m0/s1. The van der Waals surface area contributed by atoms with E-state index in [1.807, 2.05) is 81.4 Å². The molecule has 0 aromatic heterocycles. The summed E-state index contributed by atoms with van der Waals surface area (Å²) in [4.78, 5) is 26.8. The fraction of sp³-hybridized carbons (Fsp3) is 0.391. The number of benzene rings is 2. The lowest BCUT2D eigenvalue weighted by atomic mass is 10.0. The Morgan fingerprint density at radius 1 is 1.03 bits per heavy atom. The number of rotatable bonds is 4. The van der Waals surface area contributed by atoms with E-state index in [1.165, 1.54) is 0 Å². The number of nitrogens with one attached hydrogen (secondary N) is 1. The van der Waals surface area contributed by atoms with Gasteiger partial charge in [-0.2, -0.15) is 0 Å². The molecule has 1 aliphatic heterocycles. The fourth-order valence-electron chi connectivity index (χ4n) is 3.47. The summed E-state index contributed by atoms with van der Waals surface area (Å²) in [6.45, 7) is 6.17. The first-order valence-corrected chi connectivity index (χ1v) is 9.85. The summed E-state index contributed by atoms with van der Waals surface area (Å²) >= 11 is 0. The van der Waals surface area contributed by atoms with Gasteiger partial charge in [-0.15, -0.1) is 0 Å². The summed E-state index contributed by atoms with van der Waals surface area (Å²) in [5.41, 5.74) is 1.29. The monoisotopic (exact) mass is 396 g/mol. The molecule has 1 N–H and O–H groups in total. The van der Waals surface area contributed by atoms with Gasteiger partial charge in [0, 0.05) is 6.54 Å². The van der Waals surface area contributed by atoms with E-state index in [0.29, 0.717) is 13.0 Å². The number of likely N-dealkylation sites (tertiary alicyclic amines) is 1. The van der Waals surface area contributed by atoms with Crippen molar-refractivity contribution in [1.82, 2.24) is 10.2 Å². The molecule has 2 atom stereocenters. The van der Waals surface area contributed by atoms with Crippen molar-refractivity contribution in [2.45, 2.75) is 51.5 Å². The smallest absolute Gasteiger partial charge is 0.410 e. The Morgan fingerprint density at radius 2 is 1.66 bits per heavy atom. The molecule has 0 saturated carbocycles. The van der Waals surface area contributed by atoms with E-state index in [1.54, 1.807) is 4.90 Å². The van der Waals surface area contributed by atoms with Crippen LogP contribution in [0.4, 0.5) is 9.59 Å². The molecule has 0 radical (unpaired) electrons. The van der Waals surface area contributed by atoms with Crippen molar-refractivity contribution < 1.29 is 19.1 Å². The number of ether oxygens (including phenoxy) is 2. The van der Waals surface area contributed by atoms with Crippen LogP contribution in [0.5, 0.6) is 0 Å². The van der Waals surface area contributed by atoms with Gasteiger partial charge >= 0.3 is 12.2 Å². The van der Waals surface area contributed by atoms with Gasteiger partial charge in [-0.05, 0) is 38.3 Å². The highest BCUT2D eigenvalue weighted by atomic mass is 16.6. The van der Waals surface area contributed by atoms with Crippen LogP contribution in [0.25, 0.3) is 0 Å². The molecule has 1 aliphatic rings. The zero-order valence-corrected chi connectivity index (χ0v) is 17.1. The van der Waals surface area contributed by atoms with Crippen LogP contribution in [-0.4, -0.2) is 35.3 Å². The Balaban J connectivity index is 1.72. The van der Waals surface area contributed by atoms with Crippen LogP contribution in [0.1, 0.15) is 44.4 Å². The molecule has 6 heteroatoms. The van der Waals surface area contributed by atoms with Gasteiger partial charge in [0.15, 0.2) is 0 Å². The molecule has 1 heterocycles. The molecule has 2 amide bonds. The predicted molar refractivity (Wildman–Crippen MR) is 110 cm³/mol. The first kappa shape index (κ1) is 20.7. The number of alkyl carbamates (subject to hydrolysis) is 1. The van der Waals surface area contributed by atoms with E-state index in [2.05, 4.69) is 5.32 Å². The Bertz CT molecular complexity index is 818. The minimum Gasteiger partial charge on any atom is -0.445 e. The number of carbonyl (C=O) groups is 2. The summed E-state index contributed by atoms with van der Waals surface area (Å²) in [7, 11) is 0. The van der Waals surface area contributed by atoms with Gasteiger partial charge in [0.1, 0.15) is 12.2 Å². The van der Waals surface area contributed by atoms with Gasteiger partial charge in [0.05, 0.1) is 12.1 Å². The molecule has 154 valence electrons. The van der Waals surface area contributed by atoms with Crippen molar-refractivity contribution in [3.63, 3.8) is 0 Å². The number of hydrogen-bond acceptors (Lipinski definition) is 4. The Labute approximate surface area is 171 Å². The largest absolute Gasteiger partial charge is 0.445 e. The molecule has 1 saturated heterocycles. The predicted octanol–water partition coefficient (Wildman–Crippen LogP) is 4.66. The van der Waals surface area contributed by atoms with Crippen LogP contribution in [0.2, 0.25) is 0 Å². The minimum atomic E-state index is -0.584. The highest BCUT2D eigenvalue weighted by Gasteiger charge is 2.40. The van der Waals surface area contributed by atoms with E-state index in [0.717, 1.165) is 11.1 Å². The van der Waals surface area contributed by atoms with E-state index in [9.17, 15) is 9.59 Å². The summed E-state index contributed by atoms with van der Waals surface area (Å²) in [5, 5.41) is 2.93. The third kappa shape index (κ3) is 5.73. The maximum atomic E-state index is 12.8. The van der Waals surface area contributed by atoms with Crippen LogP contribution in [-0.2, 0) is 16.1 Å². The van der Waals surface area contributed by atoms with E-state index < -0.39 is 17.8 Å². The summed E-state index contributed by atoms with van der Waals surface area (Å²) < 4.78 is 10.9. The molecule has 3 rings (SSSR count). The first-order valence-electron chi connectivity index (χ1n) is 9.85. The summed E-state index contributed by atoms with van der Waals surface area (Å²) in [6, 6.07) is 18.7. The van der Waals surface area contributed by atoms with Crippen molar-refractivity contribution in [2.75, 3.05) is 6.54 Å². The van der Waals surface area contributed by atoms with Crippen LogP contribution in [0.3, 0.4) is 0 Å². The number of carbonyl (C=O) groups excluding carboxylic acids is 2. The highest BCUT2D eigenvalue weighted by Crippen LogP contribution is 2.33. The minimum absolute atomic E-state index is 0.210. The molecule has 2 aromatic rings. The van der Waals surface area contributed by atoms with Crippen molar-refractivity contribution in [3.05, 3.63) is 71.8 Å². The summed E-state index contributed by atoms with van der Waals surface area (Å²) in [6.07, 6.45) is -0.252. The maximum Gasteiger partial charge on any atom is 0.410 e. The second kappa shape index (κ2) is 8.99. The zero-order valence-electron chi connectivity index (χ0n) is 17.1. The van der Waals surface area contributed by atoms with Crippen molar-refractivity contribution in [3.8, 4) is 0 Å². The van der Waals surface area contributed by atoms with E-state index in [-0.39, 0.29) is 18.7 Å². The SMILES string of the molecule is CC(C)(C)OC(=O)N[C@H]1CCN(C(=O)OCc2ccccc2)[C@H]1c1ccccc1. The Kier molecular flexibility index (Phi) is 6.42. The van der Waals surface area contributed by atoms with Gasteiger partial charge in [0.2, 0.25) is 0 Å². The molecule has 0 bridgehead atoms. The van der Waals surface area contributed by atoms with Crippen molar-refractivity contribution in [1.29, 1.82) is 0 Å². The average molecular weight is 396 g/mol. The molecule has 0 spiro atoms. The molecule has 1 fully saturated rings. The van der Waals surface area contributed by atoms with Crippen molar-refractivity contribution in [2.24, 2.45) is 0 Å². The maximum absolute atomic E-state index is 12.8. The Hall–Kier alpha value is -3.02. The second-order valence-electron chi connectivity index (χ2n) is 8.13. The Morgan fingerprint density at radius 3 is 2.28 bits per heavy atom. The van der Waals surface area contributed by atoms with Gasteiger partial charge in [0.25, 0.3) is 0 Å². The third-order valence-electron chi connectivity index (χ3n) is 4.68. The van der Waals surface area contributed by atoms with Gasteiger partial charge < -0.3 is 14.8 Å². The highest BCUT2D eigenvalue weighted by molar-refractivity contribution is 5.71. The van der Waals surface area contributed by atoms with Gasteiger partial charge in [-0.3, -0.25) is 4.90 Å². The van der Waals surface area contributed by atoms with Crippen LogP contribution in [0.15, 0.2) is 60.7 Å². The summed E-state index contributed by atoms with van der Waals surface area (Å²) in [5.74, 6) is 0. The number of hydrogen-bond donors (Lipinski definition) is 1. The van der Waals surface area contributed by atoms with E-state index >= 15 is 0 Å². The zero-order chi connectivity index (χ0) is 20.9. The second-order valence-corrected chi connectivity index (χ2v) is 8.13. The first-order chi connectivity index (χ1) is 13.8. The fourth-order valence-corrected chi connectivity index (χ4v) is 3.47. The normalized spacial score (nSPS) is 18.9. The number of amides is 2. The molecule has 6 nitrogen and oxygen atoms in total. The molecule has 0 aliphatic carbocycles. The third-order valence-corrected chi connectivity index (χ3v) is 4.68. The van der Waals surface area contributed by atoms with Crippen LogP contribution >= 0.6 is 0 Å². The average Bonchev–Trinajstić information content (AvgIpc) is 3.09. The quantitative estimate of drug-likeness (QED) is 0.816. The lowest BCUT2D eigenvalue weighted by Gasteiger charge is -2.29. The lowest BCUT2D eigenvalue weighted by molar-refractivity contribution is 0.0482. The molecular formula is C23H28N2O4. The topological polar surface area (TPSA) is 67.9 Å². The lowest BCUT2D eigenvalue weighted by Crippen LogP contribution is -2.43. The molecule has 2 aromatic carbocycles.